The molecule has 0 radical (unpaired) electrons. The largest absolute Gasteiger partial charge is 0.419 e. The van der Waals surface area contributed by atoms with E-state index < -0.39 is 23.1 Å². The summed E-state index contributed by atoms with van der Waals surface area (Å²) < 4.78 is 48.9. The van der Waals surface area contributed by atoms with Crippen molar-refractivity contribution in [3.8, 4) is 0 Å². The molecule has 5 heteroatoms. The van der Waals surface area contributed by atoms with E-state index >= 15 is 0 Å². The van der Waals surface area contributed by atoms with Gasteiger partial charge in [0.15, 0.2) is 6.29 Å². The molecule has 0 heterocycles. The summed E-state index contributed by atoms with van der Waals surface area (Å²) >= 11 is 0. The number of carbonyl (C=O) groups excluding carboxylic acids is 1. The van der Waals surface area contributed by atoms with Crippen molar-refractivity contribution in [3.63, 3.8) is 0 Å². The van der Waals surface area contributed by atoms with Gasteiger partial charge in [0.25, 0.3) is 0 Å². The Kier molecular flexibility index (Phi) is 2.36. The SMILES string of the molecule is O=Cc1cccc(F)c1C(F)(F)F. The van der Waals surface area contributed by atoms with Crippen molar-refractivity contribution in [2.45, 2.75) is 6.18 Å². The molecule has 0 aromatic heterocycles. The lowest BCUT2D eigenvalue weighted by atomic mass is 10.1. The van der Waals surface area contributed by atoms with Crippen LogP contribution in [0.15, 0.2) is 18.2 Å². The fourth-order valence-corrected chi connectivity index (χ4v) is 0.938. The third kappa shape index (κ3) is 1.85. The topological polar surface area (TPSA) is 17.1 Å². The molecule has 1 aromatic rings. The van der Waals surface area contributed by atoms with Crippen LogP contribution in [-0.4, -0.2) is 6.29 Å². The van der Waals surface area contributed by atoms with Gasteiger partial charge in [-0.1, -0.05) is 12.1 Å². The molecule has 1 nitrogen and oxygen atoms in total. The van der Waals surface area contributed by atoms with Crippen molar-refractivity contribution in [1.29, 1.82) is 0 Å². The molecular weight excluding hydrogens is 188 g/mol. The van der Waals surface area contributed by atoms with E-state index in [0.29, 0.717) is 6.07 Å². The zero-order valence-electron chi connectivity index (χ0n) is 6.23. The van der Waals surface area contributed by atoms with Crippen molar-refractivity contribution < 1.29 is 22.4 Å². The first-order chi connectivity index (χ1) is 5.96. The third-order valence-electron chi connectivity index (χ3n) is 1.46. The average Bonchev–Trinajstić information content (AvgIpc) is 2.01. The van der Waals surface area contributed by atoms with Crippen LogP contribution in [0.25, 0.3) is 0 Å². The Labute approximate surface area is 71.0 Å². The number of hydrogen-bond acceptors (Lipinski definition) is 1. The quantitative estimate of drug-likeness (QED) is 0.493. The highest BCUT2D eigenvalue weighted by atomic mass is 19.4. The maximum Gasteiger partial charge on any atom is 0.419 e. The van der Waals surface area contributed by atoms with Gasteiger partial charge in [0, 0.05) is 5.56 Å². The van der Waals surface area contributed by atoms with Gasteiger partial charge in [-0.15, -0.1) is 0 Å². The van der Waals surface area contributed by atoms with E-state index in [1.807, 2.05) is 0 Å². The molecule has 13 heavy (non-hydrogen) atoms. The maximum absolute atomic E-state index is 12.7. The van der Waals surface area contributed by atoms with Gasteiger partial charge < -0.3 is 0 Å². The van der Waals surface area contributed by atoms with Crippen molar-refractivity contribution in [2.75, 3.05) is 0 Å². The third-order valence-corrected chi connectivity index (χ3v) is 1.46. The summed E-state index contributed by atoms with van der Waals surface area (Å²) in [5.41, 5.74) is -2.20. The van der Waals surface area contributed by atoms with Crippen LogP contribution in [-0.2, 0) is 6.18 Å². The minimum Gasteiger partial charge on any atom is -0.298 e. The molecule has 0 fully saturated rings. The predicted octanol–water partition coefficient (Wildman–Crippen LogP) is 2.66. The Balaban J connectivity index is 3.40. The van der Waals surface area contributed by atoms with E-state index in [9.17, 15) is 22.4 Å². The van der Waals surface area contributed by atoms with Gasteiger partial charge in [0.2, 0.25) is 0 Å². The van der Waals surface area contributed by atoms with E-state index in [1.54, 1.807) is 0 Å². The number of benzene rings is 1. The Morgan fingerprint density at radius 3 is 2.23 bits per heavy atom. The fourth-order valence-electron chi connectivity index (χ4n) is 0.938. The number of hydrogen-bond donors (Lipinski definition) is 0. The van der Waals surface area contributed by atoms with Crippen molar-refractivity contribution in [1.82, 2.24) is 0 Å². The number of rotatable bonds is 1. The van der Waals surface area contributed by atoms with E-state index in [4.69, 9.17) is 0 Å². The highest BCUT2D eigenvalue weighted by Gasteiger charge is 2.36. The molecule has 0 aliphatic rings. The summed E-state index contributed by atoms with van der Waals surface area (Å²) in [6, 6.07) is 2.63. The summed E-state index contributed by atoms with van der Waals surface area (Å²) in [7, 11) is 0. The summed E-state index contributed by atoms with van der Waals surface area (Å²) in [4.78, 5) is 10.2. The van der Waals surface area contributed by atoms with Gasteiger partial charge in [0.1, 0.15) is 11.4 Å². The molecule has 0 spiro atoms. The van der Waals surface area contributed by atoms with Crippen LogP contribution in [0.2, 0.25) is 0 Å². The van der Waals surface area contributed by atoms with Gasteiger partial charge >= 0.3 is 6.18 Å². The lowest BCUT2D eigenvalue weighted by molar-refractivity contribution is -0.140. The predicted molar refractivity (Wildman–Crippen MR) is 36.8 cm³/mol. The van der Waals surface area contributed by atoms with Crippen LogP contribution in [0.1, 0.15) is 15.9 Å². The molecule has 0 unspecified atom stereocenters. The minimum atomic E-state index is -4.83. The molecule has 0 amide bonds. The van der Waals surface area contributed by atoms with E-state index in [0.717, 1.165) is 12.1 Å². The summed E-state index contributed by atoms with van der Waals surface area (Å²) in [6.07, 6.45) is -4.85. The van der Waals surface area contributed by atoms with Crippen molar-refractivity contribution >= 4 is 6.29 Å². The number of aldehydes is 1. The first-order valence-corrected chi connectivity index (χ1v) is 3.27. The normalized spacial score (nSPS) is 11.4. The molecule has 0 N–H and O–H groups in total. The maximum atomic E-state index is 12.7. The monoisotopic (exact) mass is 192 g/mol. The number of halogens is 4. The van der Waals surface area contributed by atoms with E-state index in [1.165, 1.54) is 0 Å². The summed E-state index contributed by atoms with van der Waals surface area (Å²) in [6.45, 7) is 0. The number of carbonyl (C=O) groups is 1. The van der Waals surface area contributed by atoms with Gasteiger partial charge in [-0.2, -0.15) is 13.2 Å². The highest BCUT2D eigenvalue weighted by Crippen LogP contribution is 2.33. The Morgan fingerprint density at radius 2 is 1.85 bits per heavy atom. The second-order valence-electron chi connectivity index (χ2n) is 2.32. The molecule has 1 rings (SSSR count). The summed E-state index contributed by atoms with van der Waals surface area (Å²) in [5.74, 6) is -1.43. The molecule has 0 atom stereocenters. The van der Waals surface area contributed by atoms with Crippen LogP contribution in [0.4, 0.5) is 17.6 Å². The molecule has 0 aliphatic heterocycles. The van der Waals surface area contributed by atoms with Crippen LogP contribution in [0, 0.1) is 5.82 Å². The molecule has 0 saturated carbocycles. The Hall–Kier alpha value is -1.39. The van der Waals surface area contributed by atoms with Gasteiger partial charge in [0.05, 0.1) is 0 Å². The molecule has 0 aliphatic carbocycles. The van der Waals surface area contributed by atoms with Crippen LogP contribution < -0.4 is 0 Å². The lowest BCUT2D eigenvalue weighted by Gasteiger charge is -2.09. The first kappa shape index (κ1) is 9.70. The molecule has 0 bridgehead atoms. The first-order valence-electron chi connectivity index (χ1n) is 3.27. The lowest BCUT2D eigenvalue weighted by Crippen LogP contribution is -2.11. The van der Waals surface area contributed by atoms with Gasteiger partial charge in [-0.25, -0.2) is 4.39 Å². The Morgan fingerprint density at radius 1 is 1.23 bits per heavy atom. The number of alkyl halides is 3. The standard InChI is InChI=1S/C8H4F4O/c9-6-3-1-2-5(4-13)7(6)8(10,11)12/h1-4H. The Bertz CT molecular complexity index is 329. The fraction of sp³-hybridized carbons (Fsp3) is 0.125. The van der Waals surface area contributed by atoms with E-state index in [-0.39, 0.29) is 6.29 Å². The second-order valence-corrected chi connectivity index (χ2v) is 2.32. The molecular formula is C8H4F4O. The van der Waals surface area contributed by atoms with Crippen LogP contribution in [0.3, 0.4) is 0 Å². The van der Waals surface area contributed by atoms with Gasteiger partial charge in [-0.05, 0) is 6.07 Å². The minimum absolute atomic E-state index is 0.0219. The van der Waals surface area contributed by atoms with Gasteiger partial charge in [-0.3, -0.25) is 4.79 Å². The zero-order valence-corrected chi connectivity index (χ0v) is 6.23. The van der Waals surface area contributed by atoms with E-state index in [2.05, 4.69) is 0 Å². The zero-order chi connectivity index (χ0) is 10.1. The molecule has 1 aromatic carbocycles. The smallest absolute Gasteiger partial charge is 0.298 e. The summed E-state index contributed by atoms with van der Waals surface area (Å²) in [5, 5.41) is 0. The van der Waals surface area contributed by atoms with Crippen molar-refractivity contribution in [3.05, 3.63) is 35.1 Å². The molecule has 70 valence electrons. The van der Waals surface area contributed by atoms with Crippen LogP contribution >= 0.6 is 0 Å². The van der Waals surface area contributed by atoms with Crippen molar-refractivity contribution in [2.24, 2.45) is 0 Å². The highest BCUT2D eigenvalue weighted by molar-refractivity contribution is 5.77. The van der Waals surface area contributed by atoms with Crippen LogP contribution in [0.5, 0.6) is 0 Å². The average molecular weight is 192 g/mol. The molecule has 0 saturated heterocycles. The second kappa shape index (κ2) is 3.16.